The monoisotopic (exact) mass is 270 g/mol. The van der Waals surface area contributed by atoms with Crippen molar-refractivity contribution in [2.24, 2.45) is 11.7 Å². The lowest BCUT2D eigenvalue weighted by Crippen LogP contribution is -2.27. The first-order valence-electron chi connectivity index (χ1n) is 7.11. The zero-order valence-corrected chi connectivity index (χ0v) is 12.2. The Balaban J connectivity index is 2.51. The quantitative estimate of drug-likeness (QED) is 0.908. The molecular formula is C17H22N2O. The minimum absolute atomic E-state index is 0.0366. The molecule has 0 unspecified atom stereocenters. The number of pyridine rings is 1. The van der Waals surface area contributed by atoms with Crippen molar-refractivity contribution in [3.05, 3.63) is 58.4 Å². The Morgan fingerprint density at radius 1 is 1.10 bits per heavy atom. The number of hydrogen-bond acceptors (Lipinski definition) is 2. The van der Waals surface area contributed by atoms with Crippen LogP contribution in [0.25, 0.3) is 11.3 Å². The first-order valence-corrected chi connectivity index (χ1v) is 7.11. The number of hydrogen-bond donors (Lipinski definition) is 1. The van der Waals surface area contributed by atoms with Gasteiger partial charge < -0.3 is 10.3 Å². The molecule has 0 aliphatic rings. The molecule has 0 atom stereocenters. The second-order valence-electron chi connectivity index (χ2n) is 5.45. The molecule has 0 aliphatic carbocycles. The Hall–Kier alpha value is -1.87. The standard InChI is InChI=1S/C17H22N2O/c1-13(2)10-11-19-16(14-6-4-3-5-7-14)9-8-15(12-18)17(19)20/h3-9,13H,10-12,18H2,1-2H3. The van der Waals surface area contributed by atoms with Crippen LogP contribution in [-0.4, -0.2) is 4.57 Å². The first kappa shape index (κ1) is 14.5. The van der Waals surface area contributed by atoms with Crippen molar-refractivity contribution in [1.82, 2.24) is 4.57 Å². The van der Waals surface area contributed by atoms with Crippen LogP contribution < -0.4 is 11.3 Å². The van der Waals surface area contributed by atoms with Crippen LogP contribution in [0.1, 0.15) is 25.8 Å². The summed E-state index contributed by atoms with van der Waals surface area (Å²) in [6.45, 7) is 5.35. The highest BCUT2D eigenvalue weighted by Crippen LogP contribution is 2.19. The van der Waals surface area contributed by atoms with Gasteiger partial charge in [-0.25, -0.2) is 0 Å². The van der Waals surface area contributed by atoms with Crippen LogP contribution in [0.4, 0.5) is 0 Å². The summed E-state index contributed by atoms with van der Waals surface area (Å²) in [6.07, 6.45) is 0.980. The van der Waals surface area contributed by atoms with Crippen LogP contribution in [0.3, 0.4) is 0 Å². The zero-order chi connectivity index (χ0) is 14.5. The van der Waals surface area contributed by atoms with E-state index in [1.165, 1.54) is 0 Å². The topological polar surface area (TPSA) is 48.0 Å². The van der Waals surface area contributed by atoms with Gasteiger partial charge in [-0.2, -0.15) is 0 Å². The lowest BCUT2D eigenvalue weighted by atomic mass is 10.1. The summed E-state index contributed by atoms with van der Waals surface area (Å²) in [5.74, 6) is 0.562. The third kappa shape index (κ3) is 3.17. The summed E-state index contributed by atoms with van der Waals surface area (Å²) in [6, 6.07) is 13.9. The Kier molecular flexibility index (Phi) is 4.74. The molecule has 1 heterocycles. The van der Waals surface area contributed by atoms with E-state index in [2.05, 4.69) is 13.8 Å². The summed E-state index contributed by atoms with van der Waals surface area (Å²) in [7, 11) is 0. The second-order valence-corrected chi connectivity index (χ2v) is 5.45. The largest absolute Gasteiger partial charge is 0.326 e. The molecule has 2 aromatic rings. The van der Waals surface area contributed by atoms with Gasteiger partial charge in [-0.3, -0.25) is 4.79 Å². The Bertz CT molecular complexity index is 615. The van der Waals surface area contributed by atoms with Crippen LogP contribution in [0.2, 0.25) is 0 Å². The van der Waals surface area contributed by atoms with Gasteiger partial charge in [0, 0.05) is 18.7 Å². The van der Waals surface area contributed by atoms with Crippen molar-refractivity contribution in [1.29, 1.82) is 0 Å². The maximum Gasteiger partial charge on any atom is 0.255 e. The predicted molar refractivity (Wildman–Crippen MR) is 83.5 cm³/mol. The predicted octanol–water partition coefficient (Wildman–Crippen LogP) is 3.02. The van der Waals surface area contributed by atoms with Gasteiger partial charge in [-0.1, -0.05) is 50.2 Å². The molecular weight excluding hydrogens is 248 g/mol. The Morgan fingerprint density at radius 2 is 1.80 bits per heavy atom. The molecule has 2 N–H and O–H groups in total. The Labute approximate surface area is 120 Å². The van der Waals surface area contributed by atoms with E-state index in [1.54, 1.807) is 0 Å². The number of nitrogens with two attached hydrogens (primary N) is 1. The van der Waals surface area contributed by atoms with E-state index in [9.17, 15) is 4.79 Å². The maximum absolute atomic E-state index is 12.5. The van der Waals surface area contributed by atoms with Crippen LogP contribution in [0.5, 0.6) is 0 Å². The fourth-order valence-corrected chi connectivity index (χ4v) is 2.25. The second kappa shape index (κ2) is 6.53. The van der Waals surface area contributed by atoms with Crippen molar-refractivity contribution in [2.75, 3.05) is 0 Å². The molecule has 3 heteroatoms. The molecule has 0 saturated heterocycles. The van der Waals surface area contributed by atoms with Crippen LogP contribution in [0, 0.1) is 5.92 Å². The van der Waals surface area contributed by atoms with E-state index < -0.39 is 0 Å². The van der Waals surface area contributed by atoms with Crippen molar-refractivity contribution >= 4 is 0 Å². The number of nitrogens with zero attached hydrogens (tertiary/aromatic N) is 1. The summed E-state index contributed by atoms with van der Waals surface area (Å²) >= 11 is 0. The van der Waals surface area contributed by atoms with Crippen molar-refractivity contribution in [3.8, 4) is 11.3 Å². The minimum Gasteiger partial charge on any atom is -0.326 e. The lowest BCUT2D eigenvalue weighted by Gasteiger charge is -2.15. The molecule has 2 rings (SSSR count). The van der Waals surface area contributed by atoms with E-state index in [4.69, 9.17) is 5.73 Å². The number of aromatic nitrogens is 1. The fraction of sp³-hybridized carbons (Fsp3) is 0.353. The van der Waals surface area contributed by atoms with E-state index in [1.807, 2.05) is 47.0 Å². The minimum atomic E-state index is 0.0366. The summed E-state index contributed by atoms with van der Waals surface area (Å²) < 4.78 is 1.86. The average molecular weight is 270 g/mol. The third-order valence-electron chi connectivity index (χ3n) is 3.47. The lowest BCUT2D eigenvalue weighted by molar-refractivity contribution is 0.509. The van der Waals surface area contributed by atoms with Crippen LogP contribution >= 0.6 is 0 Å². The first-order chi connectivity index (χ1) is 9.63. The van der Waals surface area contributed by atoms with Gasteiger partial charge in [0.25, 0.3) is 5.56 Å². The van der Waals surface area contributed by atoms with Crippen LogP contribution in [-0.2, 0) is 13.1 Å². The van der Waals surface area contributed by atoms with Gasteiger partial charge in [0.05, 0.1) is 5.69 Å². The number of benzene rings is 1. The molecule has 1 aromatic heterocycles. The van der Waals surface area contributed by atoms with Crippen molar-refractivity contribution in [2.45, 2.75) is 33.4 Å². The molecule has 1 aromatic carbocycles. The smallest absolute Gasteiger partial charge is 0.255 e. The van der Waals surface area contributed by atoms with E-state index in [-0.39, 0.29) is 12.1 Å². The van der Waals surface area contributed by atoms with E-state index in [0.717, 1.165) is 24.2 Å². The highest BCUT2D eigenvalue weighted by Gasteiger charge is 2.10. The van der Waals surface area contributed by atoms with Gasteiger partial charge in [0.2, 0.25) is 0 Å². The molecule has 0 bridgehead atoms. The summed E-state index contributed by atoms with van der Waals surface area (Å²) in [5, 5.41) is 0. The zero-order valence-electron chi connectivity index (χ0n) is 12.2. The SMILES string of the molecule is CC(C)CCn1c(-c2ccccc2)ccc(CN)c1=O. The van der Waals surface area contributed by atoms with Gasteiger partial charge in [-0.05, 0) is 24.0 Å². The molecule has 0 amide bonds. The maximum atomic E-state index is 12.5. The van der Waals surface area contributed by atoms with Crippen molar-refractivity contribution < 1.29 is 0 Å². The molecule has 0 aliphatic heterocycles. The van der Waals surface area contributed by atoms with E-state index >= 15 is 0 Å². The summed E-state index contributed by atoms with van der Waals surface area (Å²) in [4.78, 5) is 12.5. The molecule has 0 saturated carbocycles. The molecule has 106 valence electrons. The van der Waals surface area contributed by atoms with Gasteiger partial charge in [0.1, 0.15) is 0 Å². The third-order valence-corrected chi connectivity index (χ3v) is 3.47. The summed E-state index contributed by atoms with van der Waals surface area (Å²) in [5.41, 5.74) is 8.39. The molecule has 0 radical (unpaired) electrons. The molecule has 0 fully saturated rings. The molecule has 3 nitrogen and oxygen atoms in total. The van der Waals surface area contributed by atoms with Gasteiger partial charge in [-0.15, -0.1) is 0 Å². The Morgan fingerprint density at radius 3 is 2.40 bits per heavy atom. The highest BCUT2D eigenvalue weighted by molar-refractivity contribution is 5.59. The highest BCUT2D eigenvalue weighted by atomic mass is 16.1. The number of rotatable bonds is 5. The van der Waals surface area contributed by atoms with E-state index in [0.29, 0.717) is 11.5 Å². The molecule has 0 spiro atoms. The van der Waals surface area contributed by atoms with Crippen LogP contribution in [0.15, 0.2) is 47.3 Å². The molecule has 20 heavy (non-hydrogen) atoms. The van der Waals surface area contributed by atoms with Gasteiger partial charge >= 0.3 is 0 Å². The normalized spacial score (nSPS) is 11.0. The average Bonchev–Trinajstić information content (AvgIpc) is 2.46. The fourth-order valence-electron chi connectivity index (χ4n) is 2.25. The van der Waals surface area contributed by atoms with Crippen molar-refractivity contribution in [3.63, 3.8) is 0 Å². The van der Waals surface area contributed by atoms with Gasteiger partial charge in [0.15, 0.2) is 0 Å².